The Bertz CT molecular complexity index is 1080. The van der Waals surface area contributed by atoms with E-state index in [2.05, 4.69) is 10.1 Å². The van der Waals surface area contributed by atoms with E-state index in [1.54, 1.807) is 29.0 Å². The molecule has 0 N–H and O–H groups in total. The summed E-state index contributed by atoms with van der Waals surface area (Å²) in [7, 11) is 3.54. The first-order chi connectivity index (χ1) is 16.0. The van der Waals surface area contributed by atoms with Gasteiger partial charge in [-0.1, -0.05) is 36.8 Å². The van der Waals surface area contributed by atoms with Gasteiger partial charge in [-0.3, -0.25) is 4.68 Å². The third-order valence-electron chi connectivity index (χ3n) is 5.98. The summed E-state index contributed by atoms with van der Waals surface area (Å²) in [6.45, 7) is 2.47. The standard InChI is InChI=1S/C25H31N5O3/c1-18-24(33-20-12-8-5-9-13-20)26-15-22(28-18)21-14-27-30(3)23(21)17-32-25(31)29(2)16-19-10-6-4-7-11-19/h4,6-7,10-11,14-15,20H,5,8-9,12-13,16-17H2,1-3H3. The molecule has 2 aromatic heterocycles. The SMILES string of the molecule is Cc1nc(-c2cnn(C)c2COC(=O)N(C)Cc2ccccc2)cnc1OC1CCCCC1. The first-order valence-electron chi connectivity index (χ1n) is 11.4. The number of nitrogens with zero attached hydrogens (tertiary/aromatic N) is 5. The van der Waals surface area contributed by atoms with Gasteiger partial charge in [-0.05, 0) is 38.2 Å². The van der Waals surface area contributed by atoms with Crippen molar-refractivity contribution in [3.8, 4) is 17.1 Å². The summed E-state index contributed by atoms with van der Waals surface area (Å²) in [6, 6.07) is 9.80. The summed E-state index contributed by atoms with van der Waals surface area (Å²) < 4.78 is 13.4. The van der Waals surface area contributed by atoms with Crippen LogP contribution in [0.2, 0.25) is 0 Å². The lowest BCUT2D eigenvalue weighted by Crippen LogP contribution is -2.27. The van der Waals surface area contributed by atoms with Crippen LogP contribution in [0.3, 0.4) is 0 Å². The molecule has 0 saturated heterocycles. The Morgan fingerprint density at radius 2 is 1.91 bits per heavy atom. The predicted molar refractivity (Wildman–Crippen MR) is 125 cm³/mol. The van der Waals surface area contributed by atoms with E-state index in [4.69, 9.17) is 14.5 Å². The molecule has 0 bridgehead atoms. The number of benzene rings is 1. The van der Waals surface area contributed by atoms with Crippen molar-refractivity contribution in [3.63, 3.8) is 0 Å². The largest absolute Gasteiger partial charge is 0.473 e. The number of amides is 1. The second-order valence-corrected chi connectivity index (χ2v) is 8.55. The fourth-order valence-corrected chi connectivity index (χ4v) is 4.07. The zero-order chi connectivity index (χ0) is 23.2. The summed E-state index contributed by atoms with van der Waals surface area (Å²) in [5.74, 6) is 0.588. The Morgan fingerprint density at radius 3 is 2.64 bits per heavy atom. The number of carbonyl (C=O) groups excluding carboxylic acids is 1. The highest BCUT2D eigenvalue weighted by Crippen LogP contribution is 2.27. The highest BCUT2D eigenvalue weighted by atomic mass is 16.6. The monoisotopic (exact) mass is 449 g/mol. The molecule has 0 radical (unpaired) electrons. The second-order valence-electron chi connectivity index (χ2n) is 8.55. The summed E-state index contributed by atoms with van der Waals surface area (Å²) in [5, 5.41) is 4.34. The van der Waals surface area contributed by atoms with Crippen molar-refractivity contribution < 1.29 is 14.3 Å². The van der Waals surface area contributed by atoms with Gasteiger partial charge in [0.15, 0.2) is 0 Å². The Balaban J connectivity index is 1.42. The van der Waals surface area contributed by atoms with E-state index in [1.165, 1.54) is 19.3 Å². The van der Waals surface area contributed by atoms with Crippen molar-refractivity contribution >= 4 is 6.09 Å². The van der Waals surface area contributed by atoms with Gasteiger partial charge in [0, 0.05) is 26.2 Å². The number of aromatic nitrogens is 4. The van der Waals surface area contributed by atoms with Crippen LogP contribution in [-0.2, 0) is 24.9 Å². The lowest BCUT2D eigenvalue weighted by Gasteiger charge is -2.23. The molecule has 8 nitrogen and oxygen atoms in total. The van der Waals surface area contributed by atoms with E-state index in [1.807, 2.05) is 44.3 Å². The van der Waals surface area contributed by atoms with Crippen LogP contribution >= 0.6 is 0 Å². The molecular weight excluding hydrogens is 418 g/mol. The van der Waals surface area contributed by atoms with Gasteiger partial charge in [0.25, 0.3) is 0 Å². The van der Waals surface area contributed by atoms with Gasteiger partial charge in [0.2, 0.25) is 5.88 Å². The van der Waals surface area contributed by atoms with Crippen molar-refractivity contribution in [1.29, 1.82) is 0 Å². The van der Waals surface area contributed by atoms with Gasteiger partial charge >= 0.3 is 6.09 Å². The zero-order valence-electron chi connectivity index (χ0n) is 19.5. The maximum Gasteiger partial charge on any atom is 0.410 e. The smallest absolute Gasteiger partial charge is 0.410 e. The van der Waals surface area contributed by atoms with Gasteiger partial charge in [0.05, 0.1) is 23.8 Å². The minimum Gasteiger partial charge on any atom is -0.473 e. The highest BCUT2D eigenvalue weighted by Gasteiger charge is 2.20. The van der Waals surface area contributed by atoms with Crippen molar-refractivity contribution in [2.45, 2.75) is 58.3 Å². The summed E-state index contributed by atoms with van der Waals surface area (Å²) in [6.07, 6.45) is 9.07. The molecule has 0 aliphatic heterocycles. The molecule has 1 aromatic carbocycles. The van der Waals surface area contributed by atoms with Gasteiger partial charge in [-0.15, -0.1) is 0 Å². The summed E-state index contributed by atoms with van der Waals surface area (Å²) in [5.41, 5.74) is 4.01. The zero-order valence-corrected chi connectivity index (χ0v) is 19.5. The molecule has 1 fully saturated rings. The average molecular weight is 450 g/mol. The highest BCUT2D eigenvalue weighted by molar-refractivity contribution is 5.68. The lowest BCUT2D eigenvalue weighted by molar-refractivity contribution is 0.100. The number of rotatable bonds is 7. The Hall–Kier alpha value is -3.42. The molecule has 3 aromatic rings. The number of hydrogen-bond donors (Lipinski definition) is 0. The summed E-state index contributed by atoms with van der Waals surface area (Å²) in [4.78, 5) is 23.3. The molecule has 4 rings (SSSR count). The molecule has 174 valence electrons. The van der Waals surface area contributed by atoms with Gasteiger partial charge in [-0.25, -0.2) is 14.8 Å². The first-order valence-corrected chi connectivity index (χ1v) is 11.4. The van der Waals surface area contributed by atoms with Crippen LogP contribution in [0, 0.1) is 6.92 Å². The molecule has 0 unspecified atom stereocenters. The van der Waals surface area contributed by atoms with E-state index in [9.17, 15) is 4.79 Å². The quantitative estimate of drug-likeness (QED) is 0.521. The molecule has 0 spiro atoms. The van der Waals surface area contributed by atoms with Gasteiger partial charge < -0.3 is 14.4 Å². The molecule has 1 saturated carbocycles. The molecule has 1 aliphatic carbocycles. The van der Waals surface area contributed by atoms with Gasteiger partial charge in [-0.2, -0.15) is 5.10 Å². The number of ether oxygens (including phenoxy) is 2. The Kier molecular flexibility index (Phi) is 7.22. The minimum absolute atomic E-state index is 0.0881. The van der Waals surface area contributed by atoms with Gasteiger partial charge in [0.1, 0.15) is 18.4 Å². The third kappa shape index (κ3) is 5.69. The first kappa shape index (κ1) is 22.8. The third-order valence-corrected chi connectivity index (χ3v) is 5.98. The molecular formula is C25H31N5O3. The van der Waals surface area contributed by atoms with E-state index in [-0.39, 0.29) is 12.7 Å². The Morgan fingerprint density at radius 1 is 1.15 bits per heavy atom. The Labute approximate surface area is 194 Å². The second kappa shape index (κ2) is 10.5. The minimum atomic E-state index is -0.399. The van der Waals surface area contributed by atoms with Crippen LogP contribution in [0.15, 0.2) is 42.7 Å². The average Bonchev–Trinajstić information content (AvgIpc) is 3.20. The number of aryl methyl sites for hydroxylation is 2. The van der Waals surface area contributed by atoms with Crippen molar-refractivity contribution in [1.82, 2.24) is 24.6 Å². The fraction of sp³-hybridized carbons (Fsp3) is 0.440. The van der Waals surface area contributed by atoms with E-state index < -0.39 is 6.09 Å². The maximum atomic E-state index is 12.5. The van der Waals surface area contributed by atoms with Crippen molar-refractivity contribution in [3.05, 3.63) is 59.7 Å². The maximum absolute atomic E-state index is 12.5. The van der Waals surface area contributed by atoms with Crippen LogP contribution in [0.25, 0.3) is 11.3 Å². The van der Waals surface area contributed by atoms with E-state index in [0.717, 1.165) is 35.4 Å². The predicted octanol–water partition coefficient (Wildman–Crippen LogP) is 4.67. The fourth-order valence-electron chi connectivity index (χ4n) is 4.07. The number of carbonyl (C=O) groups is 1. The summed E-state index contributed by atoms with van der Waals surface area (Å²) >= 11 is 0. The van der Waals surface area contributed by atoms with E-state index >= 15 is 0 Å². The molecule has 1 aliphatic rings. The van der Waals surface area contributed by atoms with E-state index in [0.29, 0.717) is 18.1 Å². The van der Waals surface area contributed by atoms with Crippen LogP contribution < -0.4 is 4.74 Å². The van der Waals surface area contributed by atoms with Crippen LogP contribution in [0.5, 0.6) is 5.88 Å². The molecule has 1 amide bonds. The lowest BCUT2D eigenvalue weighted by atomic mass is 9.98. The van der Waals surface area contributed by atoms with Crippen molar-refractivity contribution in [2.75, 3.05) is 7.05 Å². The molecule has 33 heavy (non-hydrogen) atoms. The van der Waals surface area contributed by atoms with Crippen LogP contribution in [0.4, 0.5) is 4.79 Å². The molecule has 8 heteroatoms. The van der Waals surface area contributed by atoms with Crippen molar-refractivity contribution in [2.24, 2.45) is 7.05 Å². The normalized spacial score (nSPS) is 14.2. The van der Waals surface area contributed by atoms with Crippen LogP contribution in [0.1, 0.15) is 49.1 Å². The number of hydrogen-bond acceptors (Lipinski definition) is 6. The molecule has 0 atom stereocenters. The molecule has 2 heterocycles. The topological polar surface area (TPSA) is 82.4 Å². The van der Waals surface area contributed by atoms with Crippen LogP contribution in [-0.4, -0.2) is 43.9 Å².